The van der Waals surface area contributed by atoms with E-state index in [2.05, 4.69) is 25.7 Å². The second kappa shape index (κ2) is 22.8. The molecule has 0 spiro atoms. The van der Waals surface area contributed by atoms with E-state index in [1.165, 1.54) is 39.2 Å². The lowest BCUT2D eigenvalue weighted by Gasteiger charge is -2.32. The molecule has 1 atom stereocenters. The molecule has 0 aromatic heterocycles. The third kappa shape index (κ3) is 16.6. The van der Waals surface area contributed by atoms with Crippen LogP contribution in [0, 0.1) is 18.7 Å². The van der Waals surface area contributed by atoms with E-state index in [4.69, 9.17) is 10.5 Å². The van der Waals surface area contributed by atoms with Crippen molar-refractivity contribution in [2.45, 2.75) is 106 Å². The van der Waals surface area contributed by atoms with Crippen LogP contribution in [0.3, 0.4) is 0 Å². The van der Waals surface area contributed by atoms with Crippen LogP contribution >= 0.6 is 0 Å². The van der Waals surface area contributed by atoms with Crippen LogP contribution in [0.5, 0.6) is 0 Å². The molecule has 0 radical (unpaired) electrons. The van der Waals surface area contributed by atoms with Crippen LogP contribution in [0.15, 0.2) is 102 Å². The number of hydrogen-bond acceptors (Lipinski definition) is 3. The lowest BCUT2D eigenvalue weighted by Crippen LogP contribution is -2.38. The van der Waals surface area contributed by atoms with Crippen LogP contribution < -0.4 is 11.1 Å². The predicted octanol–water partition coefficient (Wildman–Crippen LogP) is 11.9. The van der Waals surface area contributed by atoms with E-state index in [-0.39, 0.29) is 5.82 Å². The first-order valence-corrected chi connectivity index (χ1v) is 16.4. The first kappa shape index (κ1) is 43.3. The minimum atomic E-state index is -4.32. The smallest absolute Gasteiger partial charge is 0.359 e. The van der Waals surface area contributed by atoms with Gasteiger partial charge in [-0.05, 0) is 106 Å². The Bertz CT molecular complexity index is 1350. The zero-order valence-corrected chi connectivity index (χ0v) is 29.6. The number of aryl methyl sites for hydroxylation is 2. The van der Waals surface area contributed by atoms with Crippen molar-refractivity contribution in [1.29, 1.82) is 0 Å². The van der Waals surface area contributed by atoms with Crippen LogP contribution in [0.4, 0.5) is 23.2 Å². The van der Waals surface area contributed by atoms with Gasteiger partial charge in [-0.3, -0.25) is 0 Å². The number of halogens is 4. The molecule has 1 unspecified atom stereocenters. The Morgan fingerprint density at radius 2 is 1.66 bits per heavy atom. The number of aldehydes is 1. The molecule has 0 saturated heterocycles. The monoisotopic (exact) mass is 656 g/mol. The molecule has 1 aliphatic carbocycles. The van der Waals surface area contributed by atoms with Gasteiger partial charge in [0.25, 0.3) is 0 Å². The normalized spacial score (nSPS) is 14.8. The average molecular weight is 657 g/mol. The summed E-state index contributed by atoms with van der Waals surface area (Å²) >= 11 is 0. The molecule has 2 aromatic rings. The number of alkyl halides is 3. The number of carbonyl (C=O) groups excluding carboxylic acids is 1. The molecule has 0 amide bonds. The lowest BCUT2D eigenvalue weighted by atomic mass is 9.78. The average Bonchev–Trinajstić information content (AvgIpc) is 3.86. The molecule has 7 heteroatoms. The molecule has 2 aromatic carbocycles. The van der Waals surface area contributed by atoms with Crippen molar-refractivity contribution in [3.63, 3.8) is 0 Å². The summed E-state index contributed by atoms with van der Waals surface area (Å²) in [6, 6.07) is 12.8. The zero-order valence-electron chi connectivity index (χ0n) is 29.6. The first-order valence-electron chi connectivity index (χ1n) is 16.4. The van der Waals surface area contributed by atoms with E-state index in [0.29, 0.717) is 11.3 Å². The molecule has 0 heterocycles. The third-order valence-corrected chi connectivity index (χ3v) is 7.21. The maximum Gasteiger partial charge on any atom is 0.416 e. The van der Waals surface area contributed by atoms with E-state index >= 15 is 0 Å². The van der Waals surface area contributed by atoms with Crippen LogP contribution in [0.1, 0.15) is 97.3 Å². The van der Waals surface area contributed by atoms with Crippen molar-refractivity contribution < 1.29 is 22.4 Å². The molecule has 3 N–H and O–H groups in total. The number of rotatable bonds is 11. The summed E-state index contributed by atoms with van der Waals surface area (Å²) in [4.78, 5) is 8.81. The Kier molecular flexibility index (Phi) is 21.0. The highest BCUT2D eigenvalue weighted by Crippen LogP contribution is 2.40. The van der Waals surface area contributed by atoms with Gasteiger partial charge in [0, 0.05) is 11.4 Å². The van der Waals surface area contributed by atoms with Gasteiger partial charge in [0.1, 0.15) is 12.1 Å². The number of carbonyl (C=O) groups is 1. The van der Waals surface area contributed by atoms with Gasteiger partial charge < -0.3 is 15.8 Å². The second-order valence-electron chi connectivity index (χ2n) is 11.5. The third-order valence-electron chi connectivity index (χ3n) is 7.21. The van der Waals surface area contributed by atoms with Crippen molar-refractivity contribution >= 4 is 12.0 Å². The lowest BCUT2D eigenvalue weighted by molar-refractivity contribution is -0.106. The zero-order chi connectivity index (χ0) is 36.0. The fourth-order valence-corrected chi connectivity index (χ4v) is 4.51. The minimum absolute atomic E-state index is 0.189. The van der Waals surface area contributed by atoms with Gasteiger partial charge in [-0.25, -0.2) is 4.39 Å². The molecule has 0 bridgehead atoms. The molecular weight excluding hydrogens is 600 g/mol. The second-order valence-corrected chi connectivity index (χ2v) is 11.5. The summed E-state index contributed by atoms with van der Waals surface area (Å²) in [5.41, 5.74) is 10.5. The Morgan fingerprint density at radius 3 is 2.13 bits per heavy atom. The van der Waals surface area contributed by atoms with E-state index in [1.54, 1.807) is 13.8 Å². The van der Waals surface area contributed by atoms with Gasteiger partial charge >= 0.3 is 6.18 Å². The molecule has 1 saturated carbocycles. The molecule has 260 valence electrons. The van der Waals surface area contributed by atoms with Gasteiger partial charge in [0.05, 0.1) is 11.1 Å². The number of nitrogens with two attached hydrogens (primary N) is 1. The molecule has 3 rings (SSSR count). The summed E-state index contributed by atoms with van der Waals surface area (Å²) < 4.78 is 51.4. The SMILES string of the molecule is C/C=C(/C=C(/C)Nc1cccc(CC)c1)C(F)(F)F.C=C/C(=C\C=C/C)C(N)(CCC1CC1)c1ccc(F)c(C)c1.CC=O.CCC. The van der Waals surface area contributed by atoms with Gasteiger partial charge in [0.2, 0.25) is 0 Å². The van der Waals surface area contributed by atoms with E-state index in [0.717, 1.165) is 66.0 Å². The standard InChI is InChI=1S/C20H26FN.C15H18F3N.C3H8.C2H4O/c1-4-6-7-17(5-2)20(22,13-12-16-8-9-16)18-10-11-19(21)15(3)14-18;1-4-12-7-6-8-14(10-12)19-11(3)9-13(5-2)15(16,17)18;1-3-2;1-2-3/h4-7,10-11,14,16H,2,8-9,12-13,22H2,1,3H3;5-10,19H,4H2,1-3H3;3H2,1-2H3;2H,1H3/b6-4-,17-7+;11-9-,13-5-;;. The largest absolute Gasteiger partial charge is 0.416 e. The molecule has 0 aliphatic heterocycles. The van der Waals surface area contributed by atoms with E-state index < -0.39 is 17.3 Å². The van der Waals surface area contributed by atoms with Gasteiger partial charge in [-0.15, -0.1) is 0 Å². The Balaban J connectivity index is 0.000000777. The maximum absolute atomic E-state index is 13.6. The summed E-state index contributed by atoms with van der Waals surface area (Å²) in [5.74, 6) is 0.614. The Morgan fingerprint density at radius 1 is 1.04 bits per heavy atom. The first-order chi connectivity index (χ1) is 22.2. The highest BCUT2D eigenvalue weighted by molar-refractivity contribution is 5.51. The topological polar surface area (TPSA) is 55.1 Å². The fourth-order valence-electron chi connectivity index (χ4n) is 4.51. The van der Waals surface area contributed by atoms with E-state index in [9.17, 15) is 17.6 Å². The molecule has 3 nitrogen and oxygen atoms in total. The van der Waals surface area contributed by atoms with Gasteiger partial charge in [-0.2, -0.15) is 13.2 Å². The van der Waals surface area contributed by atoms with Crippen molar-refractivity contribution in [2.24, 2.45) is 11.7 Å². The van der Waals surface area contributed by atoms with Crippen molar-refractivity contribution in [1.82, 2.24) is 0 Å². The molecular formula is C40H56F4N2O. The Labute approximate surface area is 281 Å². The van der Waals surface area contributed by atoms with Gasteiger partial charge in [-0.1, -0.05) is 101 Å². The van der Waals surface area contributed by atoms with Crippen molar-refractivity contribution in [2.75, 3.05) is 5.32 Å². The maximum atomic E-state index is 13.6. The molecule has 1 aliphatic rings. The number of benzene rings is 2. The number of nitrogens with one attached hydrogen (secondary N) is 1. The highest BCUT2D eigenvalue weighted by atomic mass is 19.4. The van der Waals surface area contributed by atoms with Crippen LogP contribution in [-0.4, -0.2) is 12.5 Å². The number of anilines is 1. The van der Waals surface area contributed by atoms with Crippen LogP contribution in [0.2, 0.25) is 0 Å². The number of allylic oxidation sites excluding steroid dienone is 7. The fraction of sp³-hybridized carbons (Fsp3) is 0.425. The summed E-state index contributed by atoms with van der Waals surface area (Å²) in [6.45, 7) is 18.4. The molecule has 47 heavy (non-hydrogen) atoms. The summed E-state index contributed by atoms with van der Waals surface area (Å²) in [7, 11) is 0. The Hall–Kier alpha value is -3.71. The highest BCUT2D eigenvalue weighted by Gasteiger charge is 2.33. The van der Waals surface area contributed by atoms with Crippen molar-refractivity contribution in [3.8, 4) is 0 Å². The van der Waals surface area contributed by atoms with Crippen LogP contribution in [-0.2, 0) is 16.8 Å². The quantitative estimate of drug-likeness (QED) is 0.144. The summed E-state index contributed by atoms with van der Waals surface area (Å²) in [5, 5.41) is 2.97. The minimum Gasteiger partial charge on any atom is -0.359 e. The predicted molar refractivity (Wildman–Crippen MR) is 193 cm³/mol. The summed E-state index contributed by atoms with van der Waals surface area (Å²) in [6.07, 6.45) is 13.1. The van der Waals surface area contributed by atoms with Crippen molar-refractivity contribution in [3.05, 3.63) is 125 Å². The molecule has 1 fully saturated rings. The van der Waals surface area contributed by atoms with Crippen LogP contribution in [0.25, 0.3) is 0 Å². The van der Waals surface area contributed by atoms with Gasteiger partial charge in [0.15, 0.2) is 0 Å². The van der Waals surface area contributed by atoms with E-state index in [1.807, 2.05) is 74.5 Å². The number of hydrogen-bond donors (Lipinski definition) is 2.